The molecular formula is C19H16F3N5O2. The predicted octanol–water partition coefficient (Wildman–Crippen LogP) is 2.97. The summed E-state index contributed by atoms with van der Waals surface area (Å²) in [5, 5.41) is 7.12. The van der Waals surface area contributed by atoms with Crippen LogP contribution in [0.1, 0.15) is 11.1 Å². The smallest absolute Gasteiger partial charge is 0.406 e. The number of benzene rings is 2. The molecule has 2 aromatic carbocycles. The van der Waals surface area contributed by atoms with Gasteiger partial charge in [-0.05, 0) is 54.3 Å². The average molecular weight is 403 g/mol. The Kier molecular flexibility index (Phi) is 4.61. The highest BCUT2D eigenvalue weighted by molar-refractivity contribution is 5.72. The Labute approximate surface area is 163 Å². The van der Waals surface area contributed by atoms with E-state index >= 15 is 0 Å². The third-order valence-corrected chi connectivity index (χ3v) is 4.57. The summed E-state index contributed by atoms with van der Waals surface area (Å²) in [6.45, 7) is 0. The molecule has 0 aliphatic heterocycles. The summed E-state index contributed by atoms with van der Waals surface area (Å²) in [6, 6.07) is 10.6. The van der Waals surface area contributed by atoms with Crippen LogP contribution < -0.4 is 15.8 Å². The predicted molar refractivity (Wildman–Crippen MR) is 97.4 cm³/mol. The molecule has 0 spiro atoms. The van der Waals surface area contributed by atoms with Crippen LogP contribution in [0.15, 0.2) is 48.8 Å². The van der Waals surface area contributed by atoms with Crippen LogP contribution >= 0.6 is 0 Å². The first-order chi connectivity index (χ1) is 13.8. The van der Waals surface area contributed by atoms with Crippen molar-refractivity contribution in [1.29, 1.82) is 0 Å². The van der Waals surface area contributed by atoms with Gasteiger partial charge in [0.1, 0.15) is 12.1 Å². The third kappa shape index (κ3) is 4.31. The maximum absolute atomic E-state index is 12.3. The summed E-state index contributed by atoms with van der Waals surface area (Å²) < 4.78 is 42.1. The van der Waals surface area contributed by atoms with Gasteiger partial charge in [-0.25, -0.2) is 14.5 Å². The van der Waals surface area contributed by atoms with E-state index in [4.69, 9.17) is 5.73 Å². The first-order valence-corrected chi connectivity index (χ1v) is 8.73. The molecule has 2 amide bonds. The zero-order valence-corrected chi connectivity index (χ0v) is 15.0. The third-order valence-electron chi connectivity index (χ3n) is 4.57. The van der Waals surface area contributed by atoms with Gasteiger partial charge in [-0.15, -0.1) is 18.3 Å². The Morgan fingerprint density at radius 1 is 1.14 bits per heavy atom. The maximum Gasteiger partial charge on any atom is 0.573 e. The number of hydrogen-bond acceptors (Lipinski definition) is 4. The van der Waals surface area contributed by atoms with E-state index in [-0.39, 0.29) is 11.8 Å². The number of amides is 2. The maximum atomic E-state index is 12.3. The van der Waals surface area contributed by atoms with Gasteiger partial charge in [-0.2, -0.15) is 0 Å². The first-order valence-electron chi connectivity index (χ1n) is 8.73. The van der Waals surface area contributed by atoms with Crippen molar-refractivity contribution in [2.45, 2.75) is 25.2 Å². The van der Waals surface area contributed by atoms with E-state index in [0.29, 0.717) is 24.4 Å². The van der Waals surface area contributed by atoms with Crippen LogP contribution in [0.4, 0.5) is 18.0 Å². The molecule has 0 radical (unpaired) electrons. The van der Waals surface area contributed by atoms with E-state index in [0.717, 1.165) is 16.7 Å². The van der Waals surface area contributed by atoms with Crippen molar-refractivity contribution in [3.8, 4) is 22.8 Å². The lowest BCUT2D eigenvalue weighted by molar-refractivity contribution is -0.274. The van der Waals surface area contributed by atoms with E-state index in [2.05, 4.69) is 20.1 Å². The van der Waals surface area contributed by atoms with E-state index in [1.54, 1.807) is 0 Å². The molecule has 1 aromatic heterocycles. The topological polar surface area (TPSA) is 95.1 Å². The number of ether oxygens (including phenoxy) is 1. The van der Waals surface area contributed by atoms with Crippen molar-refractivity contribution in [1.82, 2.24) is 20.1 Å². The van der Waals surface area contributed by atoms with Crippen LogP contribution in [0.25, 0.3) is 17.1 Å². The quantitative estimate of drug-likeness (QED) is 0.700. The molecule has 7 nitrogen and oxygen atoms in total. The Hall–Kier alpha value is -3.56. The second kappa shape index (κ2) is 7.12. The van der Waals surface area contributed by atoms with Gasteiger partial charge in [0, 0.05) is 11.6 Å². The fourth-order valence-corrected chi connectivity index (χ4v) is 3.38. The lowest BCUT2D eigenvalue weighted by Crippen LogP contribution is -2.38. The summed E-state index contributed by atoms with van der Waals surface area (Å²) in [5.74, 6) is 0.175. The molecule has 10 heteroatoms. The minimum absolute atomic E-state index is 0.0271. The SMILES string of the molecule is NC(=O)NC1Cc2ccc(-c3ncn(-c4ccc(OC(F)(F)F)cc4)n3)cc2C1. The zero-order chi connectivity index (χ0) is 20.6. The zero-order valence-electron chi connectivity index (χ0n) is 15.0. The monoisotopic (exact) mass is 403 g/mol. The Bertz CT molecular complexity index is 1050. The van der Waals surface area contributed by atoms with Gasteiger partial charge in [0.2, 0.25) is 0 Å². The number of carbonyl (C=O) groups excluding carboxylic acids is 1. The molecule has 3 aromatic rings. The van der Waals surface area contributed by atoms with Crippen molar-refractivity contribution in [3.05, 3.63) is 59.9 Å². The number of hydrogen-bond donors (Lipinski definition) is 2. The van der Waals surface area contributed by atoms with Gasteiger partial charge in [0.05, 0.1) is 5.69 Å². The van der Waals surface area contributed by atoms with Crippen LogP contribution in [0.5, 0.6) is 5.75 Å². The van der Waals surface area contributed by atoms with Gasteiger partial charge < -0.3 is 15.8 Å². The van der Waals surface area contributed by atoms with Crippen molar-refractivity contribution in [2.75, 3.05) is 0 Å². The normalized spacial score (nSPS) is 15.8. The number of fused-ring (bicyclic) bond motifs is 1. The highest BCUT2D eigenvalue weighted by atomic mass is 19.4. The summed E-state index contributed by atoms with van der Waals surface area (Å²) in [7, 11) is 0. The number of alkyl halides is 3. The van der Waals surface area contributed by atoms with Crippen molar-refractivity contribution < 1.29 is 22.7 Å². The average Bonchev–Trinajstić information content (AvgIpc) is 3.26. The second-order valence-electron chi connectivity index (χ2n) is 6.65. The number of urea groups is 1. The Morgan fingerprint density at radius 2 is 1.86 bits per heavy atom. The summed E-state index contributed by atoms with van der Waals surface area (Å²) in [5.41, 5.74) is 8.76. The molecule has 0 saturated carbocycles. The van der Waals surface area contributed by atoms with Crippen molar-refractivity contribution in [2.24, 2.45) is 5.73 Å². The van der Waals surface area contributed by atoms with E-state index in [9.17, 15) is 18.0 Å². The van der Waals surface area contributed by atoms with Gasteiger partial charge in [-0.1, -0.05) is 12.1 Å². The van der Waals surface area contributed by atoms with Crippen LogP contribution in [-0.2, 0) is 12.8 Å². The number of rotatable bonds is 4. The lowest BCUT2D eigenvalue weighted by atomic mass is 10.1. The molecular weight excluding hydrogens is 387 g/mol. The van der Waals surface area contributed by atoms with Crippen LogP contribution in [0.2, 0.25) is 0 Å². The van der Waals surface area contributed by atoms with Crippen molar-refractivity contribution >= 4 is 6.03 Å². The summed E-state index contributed by atoms with van der Waals surface area (Å²) in [4.78, 5) is 15.3. The molecule has 3 N–H and O–H groups in total. The molecule has 1 unspecified atom stereocenters. The number of nitrogens with zero attached hydrogens (tertiary/aromatic N) is 3. The molecule has 1 atom stereocenters. The van der Waals surface area contributed by atoms with Gasteiger partial charge in [0.15, 0.2) is 5.82 Å². The Morgan fingerprint density at radius 3 is 2.55 bits per heavy atom. The molecule has 0 fully saturated rings. The number of primary amides is 1. The fourth-order valence-electron chi connectivity index (χ4n) is 3.38. The molecule has 0 saturated heterocycles. The summed E-state index contributed by atoms with van der Waals surface area (Å²) >= 11 is 0. The fraction of sp³-hybridized carbons (Fsp3) is 0.211. The van der Waals surface area contributed by atoms with Crippen LogP contribution in [-0.4, -0.2) is 33.2 Å². The largest absolute Gasteiger partial charge is 0.573 e. The minimum atomic E-state index is -4.73. The van der Waals surface area contributed by atoms with Gasteiger partial charge >= 0.3 is 12.4 Å². The lowest BCUT2D eigenvalue weighted by Gasteiger charge is -2.09. The summed E-state index contributed by atoms with van der Waals surface area (Å²) in [6.07, 6.45) is -1.86. The van der Waals surface area contributed by atoms with Gasteiger partial charge in [0.25, 0.3) is 0 Å². The standard InChI is InChI=1S/C19H16F3N5O2/c20-19(21,22)29-16-5-3-15(4-6-16)27-10-24-17(26-27)12-2-1-11-8-14(25-18(23)28)9-13(11)7-12/h1-7,10,14H,8-9H2,(H3,23,25,28). The highest BCUT2D eigenvalue weighted by Gasteiger charge is 2.31. The molecule has 1 aliphatic rings. The minimum Gasteiger partial charge on any atom is -0.406 e. The second-order valence-corrected chi connectivity index (χ2v) is 6.65. The number of nitrogens with one attached hydrogen (secondary N) is 1. The molecule has 4 rings (SSSR count). The first kappa shape index (κ1) is 18.8. The highest BCUT2D eigenvalue weighted by Crippen LogP contribution is 2.28. The van der Waals surface area contributed by atoms with E-state index in [1.165, 1.54) is 35.3 Å². The number of aromatic nitrogens is 3. The number of halogens is 3. The van der Waals surface area contributed by atoms with E-state index < -0.39 is 12.4 Å². The Balaban J connectivity index is 1.51. The molecule has 0 bridgehead atoms. The van der Waals surface area contributed by atoms with E-state index in [1.807, 2.05) is 18.2 Å². The molecule has 29 heavy (non-hydrogen) atoms. The number of carbonyl (C=O) groups is 1. The molecule has 150 valence electrons. The molecule has 1 aliphatic carbocycles. The van der Waals surface area contributed by atoms with Crippen LogP contribution in [0, 0.1) is 0 Å². The van der Waals surface area contributed by atoms with Gasteiger partial charge in [-0.3, -0.25) is 0 Å². The molecule has 1 heterocycles. The van der Waals surface area contributed by atoms with Crippen molar-refractivity contribution in [3.63, 3.8) is 0 Å². The number of nitrogens with two attached hydrogens (primary N) is 1. The van der Waals surface area contributed by atoms with Crippen LogP contribution in [0.3, 0.4) is 0 Å².